The number of amides is 1. The highest BCUT2D eigenvalue weighted by Crippen LogP contribution is 2.24. The largest absolute Gasteiger partial charge is 0.350 e. The van der Waals surface area contributed by atoms with E-state index < -0.39 is 15.9 Å². The van der Waals surface area contributed by atoms with Gasteiger partial charge in [0.15, 0.2) is 5.69 Å². The number of aromatic amines is 1. The van der Waals surface area contributed by atoms with Crippen LogP contribution in [0.3, 0.4) is 0 Å². The second-order valence-electron chi connectivity index (χ2n) is 6.22. The molecule has 120 valence electrons. The lowest BCUT2D eigenvalue weighted by atomic mass is 9.90. The van der Waals surface area contributed by atoms with E-state index in [1.54, 1.807) is 13.8 Å². The van der Waals surface area contributed by atoms with Crippen molar-refractivity contribution in [2.24, 2.45) is 10.6 Å². The predicted molar refractivity (Wildman–Crippen MR) is 80.5 cm³/mol. The minimum Gasteiger partial charge on any atom is -0.350 e. The van der Waals surface area contributed by atoms with Crippen LogP contribution in [0.15, 0.2) is 4.90 Å². The molecule has 8 heteroatoms. The first-order valence-corrected chi connectivity index (χ1v) is 8.43. The summed E-state index contributed by atoms with van der Waals surface area (Å²) in [5.74, 6) is -0.678. The van der Waals surface area contributed by atoms with Gasteiger partial charge in [0.1, 0.15) is 4.90 Å². The number of H-pyrrole nitrogens is 1. The van der Waals surface area contributed by atoms with Gasteiger partial charge in [0.2, 0.25) is 10.0 Å². The van der Waals surface area contributed by atoms with Crippen molar-refractivity contribution in [3.63, 3.8) is 0 Å². The zero-order valence-electron chi connectivity index (χ0n) is 13.1. The zero-order chi connectivity index (χ0) is 16.4. The fourth-order valence-corrected chi connectivity index (χ4v) is 2.70. The molecule has 0 radical (unpaired) electrons. The number of primary sulfonamides is 1. The second-order valence-corrected chi connectivity index (χ2v) is 7.71. The minimum absolute atomic E-state index is 0.0748. The van der Waals surface area contributed by atoms with Gasteiger partial charge >= 0.3 is 0 Å². The highest BCUT2D eigenvalue weighted by Gasteiger charge is 2.29. The molecule has 0 aliphatic carbocycles. The first kappa shape index (κ1) is 17.6. The maximum atomic E-state index is 12.2. The molecule has 1 amide bonds. The Morgan fingerprint density at radius 1 is 1.43 bits per heavy atom. The number of rotatable bonds is 6. The van der Waals surface area contributed by atoms with Gasteiger partial charge in [-0.25, -0.2) is 13.6 Å². The lowest BCUT2D eigenvalue weighted by Gasteiger charge is -2.22. The number of sulfonamides is 1. The van der Waals surface area contributed by atoms with Crippen molar-refractivity contribution in [2.45, 2.75) is 51.9 Å². The van der Waals surface area contributed by atoms with Gasteiger partial charge in [0, 0.05) is 6.54 Å². The zero-order valence-corrected chi connectivity index (χ0v) is 14.0. The number of hydrogen-bond acceptors (Lipinski definition) is 4. The summed E-state index contributed by atoms with van der Waals surface area (Å²) in [4.78, 5) is 12.0. The molecule has 0 saturated carbocycles. The molecule has 4 N–H and O–H groups in total. The molecule has 1 rings (SSSR count). The summed E-state index contributed by atoms with van der Waals surface area (Å²) >= 11 is 0. The van der Waals surface area contributed by atoms with E-state index in [2.05, 4.69) is 15.5 Å². The summed E-state index contributed by atoms with van der Waals surface area (Å²) in [5, 5.41) is 14.4. The maximum Gasteiger partial charge on any atom is 0.273 e. The lowest BCUT2D eigenvalue weighted by molar-refractivity contribution is 0.0927. The van der Waals surface area contributed by atoms with E-state index in [0.717, 1.165) is 6.42 Å². The molecule has 1 aromatic heterocycles. The molecule has 0 aliphatic rings. The first-order chi connectivity index (χ1) is 9.49. The molecule has 0 bridgehead atoms. The van der Waals surface area contributed by atoms with Gasteiger partial charge in [-0.3, -0.25) is 9.89 Å². The third kappa shape index (κ3) is 4.28. The van der Waals surface area contributed by atoms with E-state index >= 15 is 0 Å². The van der Waals surface area contributed by atoms with Crippen molar-refractivity contribution in [3.05, 3.63) is 11.4 Å². The molecular formula is C13H24N4O3S. The number of carbonyl (C=O) groups is 1. The van der Waals surface area contributed by atoms with Crippen molar-refractivity contribution in [1.29, 1.82) is 0 Å². The van der Waals surface area contributed by atoms with Gasteiger partial charge in [0.05, 0.1) is 5.69 Å². The summed E-state index contributed by atoms with van der Waals surface area (Å²) < 4.78 is 23.5. The van der Waals surface area contributed by atoms with Crippen LogP contribution in [0.4, 0.5) is 0 Å². The SMILES string of the molecule is CCC(C)(C)CNC(=O)c1n[nH]c(C(C)C)c1S(N)(=O)=O. The maximum absolute atomic E-state index is 12.2. The van der Waals surface area contributed by atoms with Crippen molar-refractivity contribution in [1.82, 2.24) is 15.5 Å². The van der Waals surface area contributed by atoms with Crippen molar-refractivity contribution in [3.8, 4) is 0 Å². The van der Waals surface area contributed by atoms with Gasteiger partial charge in [-0.05, 0) is 17.8 Å². The van der Waals surface area contributed by atoms with Crippen molar-refractivity contribution < 1.29 is 13.2 Å². The fourth-order valence-electron chi connectivity index (χ4n) is 1.71. The topological polar surface area (TPSA) is 118 Å². The van der Waals surface area contributed by atoms with Crippen LogP contribution in [-0.2, 0) is 10.0 Å². The van der Waals surface area contributed by atoms with Gasteiger partial charge in [-0.15, -0.1) is 0 Å². The average Bonchev–Trinajstić information content (AvgIpc) is 2.81. The van der Waals surface area contributed by atoms with Crippen LogP contribution in [0.1, 0.15) is 63.1 Å². The highest BCUT2D eigenvalue weighted by molar-refractivity contribution is 7.89. The molecule has 7 nitrogen and oxygen atoms in total. The van der Waals surface area contributed by atoms with Gasteiger partial charge in [-0.1, -0.05) is 34.6 Å². The highest BCUT2D eigenvalue weighted by atomic mass is 32.2. The number of carbonyl (C=O) groups excluding carboxylic acids is 1. The van der Waals surface area contributed by atoms with Crippen LogP contribution in [0.25, 0.3) is 0 Å². The van der Waals surface area contributed by atoms with E-state index in [1.807, 2.05) is 20.8 Å². The van der Waals surface area contributed by atoms with Crippen molar-refractivity contribution in [2.75, 3.05) is 6.54 Å². The molecule has 0 spiro atoms. The molecule has 21 heavy (non-hydrogen) atoms. The smallest absolute Gasteiger partial charge is 0.273 e. The molecule has 0 aromatic carbocycles. The number of nitrogens with two attached hydrogens (primary N) is 1. The number of aromatic nitrogens is 2. The fraction of sp³-hybridized carbons (Fsp3) is 0.692. The standard InChI is InChI=1S/C13H24N4O3S/c1-6-13(4,5)7-15-12(18)10-11(21(14,19)20)9(8(2)3)16-17-10/h8H,6-7H2,1-5H3,(H,15,18)(H,16,17)(H2,14,19,20). The summed E-state index contributed by atoms with van der Waals surface area (Å²) in [6, 6.07) is 0. The predicted octanol–water partition coefficient (Wildman–Crippen LogP) is 1.35. The van der Waals surface area contributed by atoms with Crippen LogP contribution >= 0.6 is 0 Å². The molecule has 0 fully saturated rings. The van der Waals surface area contributed by atoms with Crippen molar-refractivity contribution >= 4 is 15.9 Å². The Bertz CT molecular complexity index is 617. The Kier molecular flexibility index (Phi) is 5.16. The quantitative estimate of drug-likeness (QED) is 0.734. The number of nitrogens with one attached hydrogen (secondary N) is 2. The number of nitrogens with zero attached hydrogens (tertiary/aromatic N) is 1. The Morgan fingerprint density at radius 3 is 2.43 bits per heavy atom. The molecule has 0 unspecified atom stereocenters. The average molecular weight is 316 g/mol. The van der Waals surface area contributed by atoms with Gasteiger partial charge in [0.25, 0.3) is 5.91 Å². The van der Waals surface area contributed by atoms with E-state index in [1.165, 1.54) is 0 Å². The van der Waals surface area contributed by atoms with Crippen LogP contribution in [-0.4, -0.2) is 31.1 Å². The van der Waals surface area contributed by atoms with Crippen LogP contribution in [0.5, 0.6) is 0 Å². The Balaban J connectivity index is 3.12. The summed E-state index contributed by atoms with van der Waals surface area (Å²) in [7, 11) is -4.02. The third-order valence-electron chi connectivity index (χ3n) is 3.51. The third-order valence-corrected chi connectivity index (χ3v) is 4.49. The summed E-state index contributed by atoms with van der Waals surface area (Å²) in [6.07, 6.45) is 0.882. The second kappa shape index (κ2) is 6.15. The van der Waals surface area contributed by atoms with E-state index in [-0.39, 0.29) is 21.9 Å². The monoisotopic (exact) mass is 316 g/mol. The Morgan fingerprint density at radius 2 is 2.00 bits per heavy atom. The minimum atomic E-state index is -4.02. The molecule has 1 heterocycles. The van der Waals surface area contributed by atoms with E-state index in [0.29, 0.717) is 12.2 Å². The van der Waals surface area contributed by atoms with Crippen LogP contribution in [0, 0.1) is 5.41 Å². The Labute approximate surface area is 125 Å². The van der Waals surface area contributed by atoms with Gasteiger partial charge in [-0.2, -0.15) is 5.10 Å². The van der Waals surface area contributed by atoms with E-state index in [9.17, 15) is 13.2 Å². The molecule has 0 saturated heterocycles. The Hall–Kier alpha value is -1.41. The van der Waals surface area contributed by atoms with Crippen LogP contribution < -0.4 is 10.5 Å². The normalized spacial score (nSPS) is 12.7. The number of hydrogen-bond donors (Lipinski definition) is 3. The summed E-state index contributed by atoms with van der Waals surface area (Å²) in [6.45, 7) is 10.1. The van der Waals surface area contributed by atoms with E-state index in [4.69, 9.17) is 5.14 Å². The molecular weight excluding hydrogens is 292 g/mol. The molecule has 0 aliphatic heterocycles. The molecule has 1 aromatic rings. The summed E-state index contributed by atoms with van der Waals surface area (Å²) in [5.41, 5.74) is 0.0970. The first-order valence-electron chi connectivity index (χ1n) is 6.89. The van der Waals surface area contributed by atoms with Gasteiger partial charge < -0.3 is 5.32 Å². The molecule has 0 atom stereocenters. The van der Waals surface area contributed by atoms with Crippen LogP contribution in [0.2, 0.25) is 0 Å². The lowest BCUT2D eigenvalue weighted by Crippen LogP contribution is -2.34.